The number of alkyl halides is 1. The number of anilines is 1. The minimum Gasteiger partial charge on any atom is -0.462 e. The number of piperazine rings is 1. The molecule has 4 saturated heterocycles. The number of terminal acetylenes is 1. The Hall–Kier alpha value is -5.66. The molecule has 0 spiro atoms. The zero-order valence-corrected chi connectivity index (χ0v) is 51.4. The highest BCUT2D eigenvalue weighted by molar-refractivity contribution is 6.03. The van der Waals surface area contributed by atoms with Crippen molar-refractivity contribution in [2.45, 2.75) is 256 Å². The second kappa shape index (κ2) is 34.6. The second-order valence-corrected chi connectivity index (χ2v) is 24.9. The number of carbonyl (C=O) groups is 3. The molecule has 4 aromatic rings. The summed E-state index contributed by atoms with van der Waals surface area (Å²) >= 11 is 0. The third kappa shape index (κ3) is 19.7. The predicted molar refractivity (Wildman–Crippen MR) is 332 cm³/mol. The standard InChI is InChI=1S/C69H98F2N6O8/c1-4-7-9-11-13-15-17-19-21-23-25-27-29-35-60(78)81-48-57(49-82-61(79)36-30-28-26-24-22-20-18-16-14-12-10-8-5-2)85-68(80)84-56-41-52-34-31-33-51(6-3)62(52)58(42-56)64-63(71)65-59(44-72-64)66(76-46-54-37-38-55(47-76)73-54)75-67(74-65)83-50-69-39-32-40-77(69)45-53(70)43-69/h3,31,33-34,41-42,44,53-55,57,73H,4-5,7-30,32,35-40,43,45-50H2,1-2H3/t53?,54?,55?,69-/m0/s1. The molecule has 0 aliphatic carbocycles. The molecule has 0 saturated carbocycles. The summed E-state index contributed by atoms with van der Waals surface area (Å²) < 4.78 is 61.9. The van der Waals surface area contributed by atoms with E-state index in [0.29, 0.717) is 66.4 Å². The number of ether oxygens (including phenoxy) is 5. The summed E-state index contributed by atoms with van der Waals surface area (Å²) in [4.78, 5) is 58.7. The predicted octanol–water partition coefficient (Wildman–Crippen LogP) is 15.8. The van der Waals surface area contributed by atoms with Gasteiger partial charge in [0.25, 0.3) is 0 Å². The van der Waals surface area contributed by atoms with Crippen LogP contribution in [0.25, 0.3) is 32.9 Å². The van der Waals surface area contributed by atoms with Crippen LogP contribution in [0.5, 0.6) is 11.8 Å². The lowest BCUT2D eigenvalue weighted by Crippen LogP contribution is -2.51. The van der Waals surface area contributed by atoms with Gasteiger partial charge < -0.3 is 33.9 Å². The van der Waals surface area contributed by atoms with E-state index in [9.17, 15) is 18.8 Å². The van der Waals surface area contributed by atoms with Gasteiger partial charge in [-0.3, -0.25) is 19.5 Å². The van der Waals surface area contributed by atoms with Gasteiger partial charge in [-0.25, -0.2) is 13.6 Å². The number of nitrogens with one attached hydrogen (secondary N) is 1. The van der Waals surface area contributed by atoms with Crippen LogP contribution < -0.4 is 19.7 Å². The molecule has 0 radical (unpaired) electrons. The summed E-state index contributed by atoms with van der Waals surface area (Å²) in [6.07, 6.45) is 39.7. The number of benzene rings is 2. The monoisotopic (exact) mass is 1180 g/mol. The number of halogens is 2. The molecule has 16 heteroatoms. The number of carbonyl (C=O) groups excluding carboxylic acids is 3. The molecule has 2 aromatic carbocycles. The van der Waals surface area contributed by atoms with Crippen LogP contribution in [-0.4, -0.2) is 114 Å². The van der Waals surface area contributed by atoms with Crippen LogP contribution in [0, 0.1) is 18.2 Å². The van der Waals surface area contributed by atoms with E-state index in [4.69, 9.17) is 45.1 Å². The Morgan fingerprint density at radius 3 is 1.88 bits per heavy atom. The lowest BCUT2D eigenvalue weighted by atomic mass is 9.95. The molecule has 14 nitrogen and oxygen atoms in total. The minimum atomic E-state index is -1.18. The molecule has 85 heavy (non-hydrogen) atoms. The summed E-state index contributed by atoms with van der Waals surface area (Å²) in [6, 6.07) is 8.84. The third-order valence-electron chi connectivity index (χ3n) is 18.0. The summed E-state index contributed by atoms with van der Waals surface area (Å²) in [6.45, 7) is 6.42. The highest BCUT2D eigenvalue weighted by Crippen LogP contribution is 2.42. The molecule has 4 aliphatic heterocycles. The number of unbranched alkanes of at least 4 members (excludes halogenated alkanes) is 24. The Bertz CT molecular complexity index is 2740. The van der Waals surface area contributed by atoms with Crippen LogP contribution in [0.15, 0.2) is 36.5 Å². The highest BCUT2D eigenvalue weighted by atomic mass is 19.1. The smallest absolute Gasteiger partial charge is 0.462 e. The van der Waals surface area contributed by atoms with E-state index >= 15 is 4.39 Å². The van der Waals surface area contributed by atoms with Gasteiger partial charge in [-0.05, 0) is 68.7 Å². The highest BCUT2D eigenvalue weighted by Gasteiger charge is 2.49. The zero-order chi connectivity index (χ0) is 59.6. The minimum absolute atomic E-state index is 0.00711. The third-order valence-corrected chi connectivity index (χ3v) is 18.0. The van der Waals surface area contributed by atoms with Gasteiger partial charge in [0.2, 0.25) is 0 Å². The molecular weight excluding hydrogens is 1080 g/mol. The maximum absolute atomic E-state index is 17.8. The van der Waals surface area contributed by atoms with E-state index in [0.717, 1.165) is 70.8 Å². The second-order valence-electron chi connectivity index (χ2n) is 24.9. The normalized spacial score (nSPS) is 19.2. The molecule has 2 aromatic heterocycles. The summed E-state index contributed by atoms with van der Waals surface area (Å²) in [5, 5.41) is 5.08. The first-order valence-corrected chi connectivity index (χ1v) is 33.2. The van der Waals surface area contributed by atoms with Crippen LogP contribution in [0.4, 0.5) is 19.4 Å². The van der Waals surface area contributed by atoms with Crippen molar-refractivity contribution < 1.29 is 46.8 Å². The summed E-state index contributed by atoms with van der Waals surface area (Å²) in [7, 11) is 0. The van der Waals surface area contributed by atoms with E-state index in [2.05, 4.69) is 34.9 Å². The molecule has 4 aliphatic rings. The van der Waals surface area contributed by atoms with Crippen LogP contribution in [0.1, 0.15) is 231 Å². The Morgan fingerprint density at radius 2 is 1.32 bits per heavy atom. The first-order chi connectivity index (χ1) is 41.6. The average Bonchev–Trinajstić information content (AvgIpc) is 1.70. The van der Waals surface area contributed by atoms with Crippen molar-refractivity contribution in [1.82, 2.24) is 25.2 Å². The molecule has 466 valence electrons. The van der Waals surface area contributed by atoms with E-state index in [1.54, 1.807) is 30.5 Å². The maximum atomic E-state index is 17.8. The van der Waals surface area contributed by atoms with Crippen molar-refractivity contribution in [3.05, 3.63) is 47.9 Å². The molecule has 6 heterocycles. The van der Waals surface area contributed by atoms with Gasteiger partial charge in [0.05, 0.1) is 10.9 Å². The first-order valence-electron chi connectivity index (χ1n) is 33.2. The van der Waals surface area contributed by atoms with E-state index in [1.165, 1.54) is 122 Å². The topological polar surface area (TPSA) is 155 Å². The SMILES string of the molecule is C#Cc1cccc2cc(OC(=O)OC(COC(=O)CCCCCCCCCCCCCCC)COC(=O)CCCCCCCCCCCCCCC)cc(-c3ncc4c(N5CC6CCC(C5)N6)nc(OC[C@@]56CCCN5CC(F)C6)nc4c3F)c12. The number of hydrogen-bond acceptors (Lipinski definition) is 14. The number of esters is 2. The van der Waals surface area contributed by atoms with Gasteiger partial charge in [-0.15, -0.1) is 6.42 Å². The molecule has 0 amide bonds. The van der Waals surface area contributed by atoms with Crippen LogP contribution in [-0.2, 0) is 23.8 Å². The molecule has 4 fully saturated rings. The van der Waals surface area contributed by atoms with E-state index in [-0.39, 0.29) is 73.3 Å². The van der Waals surface area contributed by atoms with Crippen LogP contribution in [0.3, 0.4) is 0 Å². The average molecular weight is 1180 g/mol. The van der Waals surface area contributed by atoms with Gasteiger partial charge >= 0.3 is 24.1 Å². The number of hydrogen-bond donors (Lipinski definition) is 1. The Labute approximate surface area is 505 Å². The van der Waals surface area contributed by atoms with Gasteiger partial charge in [0.1, 0.15) is 48.8 Å². The number of rotatable bonds is 39. The number of nitrogens with zero attached hydrogens (tertiary/aromatic N) is 5. The van der Waals surface area contributed by atoms with Crippen molar-refractivity contribution in [1.29, 1.82) is 0 Å². The quantitative estimate of drug-likeness (QED) is 0.0148. The van der Waals surface area contributed by atoms with E-state index in [1.807, 2.05) is 0 Å². The van der Waals surface area contributed by atoms with Crippen molar-refractivity contribution in [3.8, 4) is 35.4 Å². The number of fused-ring (bicyclic) bond motifs is 5. The molecule has 1 N–H and O–H groups in total. The Kier molecular flexibility index (Phi) is 26.6. The zero-order valence-electron chi connectivity index (χ0n) is 51.4. The van der Waals surface area contributed by atoms with Gasteiger partial charge in [0.15, 0.2) is 11.9 Å². The summed E-state index contributed by atoms with van der Waals surface area (Å²) in [5.41, 5.74) is 0.0915. The number of pyridine rings is 1. The maximum Gasteiger partial charge on any atom is 0.514 e. The van der Waals surface area contributed by atoms with Crippen molar-refractivity contribution in [3.63, 3.8) is 0 Å². The van der Waals surface area contributed by atoms with Crippen molar-refractivity contribution in [2.24, 2.45) is 0 Å². The summed E-state index contributed by atoms with van der Waals surface area (Å²) in [5.74, 6) is 1.60. The molecule has 3 unspecified atom stereocenters. The fraction of sp³-hybridized carbons (Fsp3) is 0.681. The fourth-order valence-electron chi connectivity index (χ4n) is 13.4. The Balaban J connectivity index is 0.929. The Morgan fingerprint density at radius 1 is 0.753 bits per heavy atom. The molecule has 4 atom stereocenters. The van der Waals surface area contributed by atoms with Crippen LogP contribution in [0.2, 0.25) is 0 Å². The first kappa shape index (κ1) is 65.3. The van der Waals surface area contributed by atoms with Gasteiger partial charge in [-0.2, -0.15) is 9.97 Å². The fourth-order valence-corrected chi connectivity index (χ4v) is 13.4. The van der Waals surface area contributed by atoms with Crippen LogP contribution >= 0.6 is 0 Å². The lowest BCUT2D eigenvalue weighted by molar-refractivity contribution is -0.153. The molecule has 8 rings (SSSR count). The van der Waals surface area contributed by atoms with Crippen molar-refractivity contribution in [2.75, 3.05) is 50.9 Å². The van der Waals surface area contributed by atoms with Crippen molar-refractivity contribution >= 4 is 45.6 Å². The largest absolute Gasteiger partial charge is 0.514 e. The molecular formula is C69H98F2N6O8. The molecule has 2 bridgehead atoms. The van der Waals surface area contributed by atoms with E-state index < -0.39 is 41.7 Å². The lowest BCUT2D eigenvalue weighted by Gasteiger charge is -2.34. The van der Waals surface area contributed by atoms with Gasteiger partial charge in [-0.1, -0.05) is 186 Å². The number of aromatic nitrogens is 3. The van der Waals surface area contributed by atoms with Gasteiger partial charge in [0, 0.05) is 73.7 Å².